The van der Waals surface area contributed by atoms with E-state index >= 15 is 0 Å². The van der Waals surface area contributed by atoms with Gasteiger partial charge in [-0.3, -0.25) is 9.59 Å². The van der Waals surface area contributed by atoms with Gasteiger partial charge in [0, 0.05) is 26.1 Å². The van der Waals surface area contributed by atoms with Crippen LogP contribution < -0.4 is 16.0 Å². The minimum absolute atomic E-state index is 0.00671. The maximum absolute atomic E-state index is 12.1. The van der Waals surface area contributed by atoms with Crippen molar-refractivity contribution in [2.45, 2.75) is 39.5 Å². The molecule has 0 aliphatic carbocycles. The Hall–Kier alpha value is -1.10. The smallest absolute Gasteiger partial charge is 0.227 e. The molecule has 3 N–H and O–H groups in total. The van der Waals surface area contributed by atoms with Gasteiger partial charge in [-0.15, -0.1) is 0 Å². The third-order valence-corrected chi connectivity index (χ3v) is 3.61. The number of hydrogen-bond acceptors (Lipinski definition) is 3. The zero-order valence-corrected chi connectivity index (χ0v) is 11.5. The number of carbonyl (C=O) groups is 2. The molecule has 1 fully saturated rings. The van der Waals surface area contributed by atoms with Crippen LogP contribution >= 0.6 is 0 Å². The van der Waals surface area contributed by atoms with Gasteiger partial charge in [0.15, 0.2) is 0 Å². The van der Waals surface area contributed by atoms with Crippen LogP contribution in [0.2, 0.25) is 0 Å². The Kier molecular flexibility index (Phi) is 6.12. The zero-order valence-electron chi connectivity index (χ0n) is 11.5. The van der Waals surface area contributed by atoms with E-state index in [2.05, 4.69) is 16.0 Å². The van der Waals surface area contributed by atoms with Crippen LogP contribution in [-0.2, 0) is 9.59 Å². The van der Waals surface area contributed by atoms with Crippen molar-refractivity contribution in [3.05, 3.63) is 0 Å². The summed E-state index contributed by atoms with van der Waals surface area (Å²) in [5.74, 6) is 0.0885. The molecule has 1 heterocycles. The van der Waals surface area contributed by atoms with Gasteiger partial charge in [0.05, 0.1) is 5.41 Å². The first-order valence-corrected chi connectivity index (χ1v) is 6.90. The summed E-state index contributed by atoms with van der Waals surface area (Å²) in [6, 6.07) is 0. The monoisotopic (exact) mass is 255 g/mol. The van der Waals surface area contributed by atoms with Gasteiger partial charge in [-0.05, 0) is 25.8 Å². The first-order chi connectivity index (χ1) is 8.64. The molecule has 0 aromatic carbocycles. The molecule has 0 radical (unpaired) electrons. The maximum atomic E-state index is 12.1. The Balaban J connectivity index is 2.26. The highest BCUT2D eigenvalue weighted by Gasteiger charge is 2.39. The Morgan fingerprint density at radius 1 is 1.22 bits per heavy atom. The first-order valence-electron chi connectivity index (χ1n) is 6.90. The van der Waals surface area contributed by atoms with Crippen LogP contribution in [0, 0.1) is 5.41 Å². The van der Waals surface area contributed by atoms with Crippen molar-refractivity contribution in [1.29, 1.82) is 0 Å². The number of rotatable bonds is 7. The van der Waals surface area contributed by atoms with E-state index in [0.717, 1.165) is 32.4 Å². The van der Waals surface area contributed by atoms with Crippen molar-refractivity contribution in [3.8, 4) is 0 Å². The summed E-state index contributed by atoms with van der Waals surface area (Å²) in [5.41, 5.74) is -0.264. The molecule has 1 aliphatic rings. The highest BCUT2D eigenvalue weighted by Crippen LogP contribution is 2.29. The van der Waals surface area contributed by atoms with Crippen LogP contribution in [0.5, 0.6) is 0 Å². The Morgan fingerprint density at radius 2 is 2.00 bits per heavy atom. The molecule has 5 heteroatoms. The molecule has 1 unspecified atom stereocenters. The minimum Gasteiger partial charge on any atom is -0.356 e. The molecular weight excluding hydrogens is 230 g/mol. The van der Waals surface area contributed by atoms with E-state index in [1.54, 1.807) is 0 Å². The second kappa shape index (κ2) is 7.36. The van der Waals surface area contributed by atoms with E-state index < -0.39 is 0 Å². The molecule has 0 bridgehead atoms. The number of carbonyl (C=O) groups excluding carboxylic acids is 2. The fourth-order valence-electron chi connectivity index (χ4n) is 2.23. The van der Waals surface area contributed by atoms with Crippen LogP contribution in [0.4, 0.5) is 0 Å². The minimum atomic E-state index is -0.264. The van der Waals surface area contributed by atoms with Crippen LogP contribution in [-0.4, -0.2) is 38.0 Å². The summed E-state index contributed by atoms with van der Waals surface area (Å²) in [4.78, 5) is 23.5. The lowest BCUT2D eigenvalue weighted by Crippen LogP contribution is -2.43. The van der Waals surface area contributed by atoms with Crippen LogP contribution in [0.25, 0.3) is 0 Å². The van der Waals surface area contributed by atoms with Gasteiger partial charge in [0.2, 0.25) is 11.8 Å². The van der Waals surface area contributed by atoms with Crippen molar-refractivity contribution >= 4 is 11.8 Å². The molecule has 0 saturated carbocycles. The molecule has 0 aromatic rings. The lowest BCUT2D eigenvalue weighted by atomic mass is 9.83. The average Bonchev–Trinajstić information content (AvgIpc) is 2.86. The van der Waals surface area contributed by atoms with Gasteiger partial charge in [0.25, 0.3) is 0 Å². The summed E-state index contributed by atoms with van der Waals surface area (Å²) in [5, 5.41) is 8.91. The molecule has 18 heavy (non-hydrogen) atoms. The Bertz CT molecular complexity index is 286. The third kappa shape index (κ3) is 3.98. The highest BCUT2D eigenvalue weighted by molar-refractivity contribution is 5.84. The van der Waals surface area contributed by atoms with Gasteiger partial charge >= 0.3 is 0 Å². The van der Waals surface area contributed by atoms with E-state index in [0.29, 0.717) is 19.5 Å². The molecule has 0 spiro atoms. The summed E-state index contributed by atoms with van der Waals surface area (Å²) in [6.45, 7) is 6.84. The van der Waals surface area contributed by atoms with Crippen LogP contribution in [0.3, 0.4) is 0 Å². The second-order valence-electron chi connectivity index (χ2n) is 4.92. The summed E-state index contributed by atoms with van der Waals surface area (Å²) in [6.07, 6.45) is 3.02. The van der Waals surface area contributed by atoms with Crippen LogP contribution in [0.1, 0.15) is 39.5 Å². The first kappa shape index (κ1) is 15.0. The Labute approximate surface area is 109 Å². The second-order valence-corrected chi connectivity index (χ2v) is 4.92. The predicted molar refractivity (Wildman–Crippen MR) is 71.1 cm³/mol. The topological polar surface area (TPSA) is 70.2 Å². The largest absolute Gasteiger partial charge is 0.356 e. The molecule has 1 atom stereocenters. The summed E-state index contributed by atoms with van der Waals surface area (Å²) >= 11 is 0. The normalized spacial score (nSPS) is 22.8. The molecule has 0 aromatic heterocycles. The SMILES string of the molecule is CCCNC(=O)CCNC(=O)C1(CC)CCNC1. The number of hydrogen-bond donors (Lipinski definition) is 3. The highest BCUT2D eigenvalue weighted by atomic mass is 16.2. The molecule has 1 aliphatic heterocycles. The van der Waals surface area contributed by atoms with E-state index in [1.165, 1.54) is 0 Å². The van der Waals surface area contributed by atoms with Crippen molar-refractivity contribution in [2.75, 3.05) is 26.2 Å². The molecule has 2 amide bonds. The number of nitrogens with one attached hydrogen (secondary N) is 3. The third-order valence-electron chi connectivity index (χ3n) is 3.61. The zero-order chi connectivity index (χ0) is 13.4. The van der Waals surface area contributed by atoms with Gasteiger partial charge in [-0.1, -0.05) is 13.8 Å². The summed E-state index contributed by atoms with van der Waals surface area (Å²) in [7, 11) is 0. The fraction of sp³-hybridized carbons (Fsp3) is 0.846. The molecule has 5 nitrogen and oxygen atoms in total. The van der Waals surface area contributed by atoms with Crippen molar-refractivity contribution in [3.63, 3.8) is 0 Å². The van der Waals surface area contributed by atoms with E-state index in [-0.39, 0.29) is 17.2 Å². The van der Waals surface area contributed by atoms with Gasteiger partial charge < -0.3 is 16.0 Å². The maximum Gasteiger partial charge on any atom is 0.227 e. The van der Waals surface area contributed by atoms with Crippen molar-refractivity contribution < 1.29 is 9.59 Å². The lowest BCUT2D eigenvalue weighted by molar-refractivity contribution is -0.130. The van der Waals surface area contributed by atoms with Crippen LogP contribution in [0.15, 0.2) is 0 Å². The van der Waals surface area contributed by atoms with E-state index in [1.807, 2.05) is 13.8 Å². The standard InChI is InChI=1S/C13H25N3O2/c1-3-7-15-11(17)5-8-16-12(18)13(4-2)6-9-14-10-13/h14H,3-10H2,1-2H3,(H,15,17)(H,16,18). The molecule has 1 saturated heterocycles. The average molecular weight is 255 g/mol. The molecule has 104 valence electrons. The quantitative estimate of drug-likeness (QED) is 0.617. The molecule has 1 rings (SSSR count). The van der Waals surface area contributed by atoms with Gasteiger partial charge in [0.1, 0.15) is 0 Å². The van der Waals surface area contributed by atoms with Gasteiger partial charge in [-0.2, -0.15) is 0 Å². The van der Waals surface area contributed by atoms with Gasteiger partial charge in [-0.25, -0.2) is 0 Å². The predicted octanol–water partition coefficient (Wildman–Crippen LogP) is 0.409. The van der Waals surface area contributed by atoms with E-state index in [9.17, 15) is 9.59 Å². The lowest BCUT2D eigenvalue weighted by Gasteiger charge is -2.25. The number of amides is 2. The van der Waals surface area contributed by atoms with E-state index in [4.69, 9.17) is 0 Å². The molecular formula is C13H25N3O2. The van der Waals surface area contributed by atoms with Crippen molar-refractivity contribution in [1.82, 2.24) is 16.0 Å². The van der Waals surface area contributed by atoms with Crippen molar-refractivity contribution in [2.24, 2.45) is 5.41 Å². The Morgan fingerprint density at radius 3 is 2.56 bits per heavy atom. The fourth-order valence-corrected chi connectivity index (χ4v) is 2.23. The summed E-state index contributed by atoms with van der Waals surface area (Å²) < 4.78 is 0.